The molecule has 21 heavy (non-hydrogen) atoms. The van der Waals surface area contributed by atoms with Crippen molar-refractivity contribution in [1.82, 2.24) is 4.90 Å². The summed E-state index contributed by atoms with van der Waals surface area (Å²) in [5.41, 5.74) is 6.07. The maximum atomic E-state index is 12.5. The van der Waals surface area contributed by atoms with Gasteiger partial charge in [-0.1, -0.05) is 12.8 Å². The van der Waals surface area contributed by atoms with Crippen molar-refractivity contribution in [3.63, 3.8) is 0 Å². The minimum atomic E-state index is -3.66. The molecule has 1 saturated heterocycles. The van der Waals surface area contributed by atoms with Gasteiger partial charge in [0.2, 0.25) is 5.91 Å². The number of nitrogen functional groups attached to an aromatic ring is 1. The summed E-state index contributed by atoms with van der Waals surface area (Å²) in [5, 5.41) is -1.06. The van der Waals surface area contributed by atoms with Gasteiger partial charge in [0.1, 0.15) is 5.25 Å². The van der Waals surface area contributed by atoms with Crippen molar-refractivity contribution in [3.8, 4) is 0 Å². The number of anilines is 1. The Bertz CT molecular complexity index is 588. The van der Waals surface area contributed by atoms with Gasteiger partial charge in [0.05, 0.1) is 4.90 Å². The van der Waals surface area contributed by atoms with E-state index >= 15 is 0 Å². The summed E-state index contributed by atoms with van der Waals surface area (Å²) in [5.74, 6) is -0.297. The molecule has 5 nitrogen and oxygen atoms in total. The number of hydrogen-bond acceptors (Lipinski definition) is 4. The summed E-state index contributed by atoms with van der Waals surface area (Å²) in [4.78, 5) is 14.3. The zero-order valence-electron chi connectivity index (χ0n) is 12.3. The highest BCUT2D eigenvalue weighted by Gasteiger charge is 2.33. The number of nitrogens with zero attached hydrogens (tertiary/aromatic N) is 1. The number of rotatable bonds is 3. The molecule has 0 radical (unpaired) electrons. The van der Waals surface area contributed by atoms with Crippen LogP contribution >= 0.6 is 0 Å². The average Bonchev–Trinajstić information content (AvgIpc) is 2.75. The fourth-order valence-corrected chi connectivity index (χ4v) is 3.88. The summed E-state index contributed by atoms with van der Waals surface area (Å²) < 4.78 is 25.1. The van der Waals surface area contributed by atoms with E-state index in [-0.39, 0.29) is 10.8 Å². The SMILES string of the molecule is CC(C(=O)N1CCCCCC1)S(=O)(=O)c1ccc(N)cc1. The summed E-state index contributed by atoms with van der Waals surface area (Å²) in [6.45, 7) is 2.78. The first-order chi connectivity index (χ1) is 9.93. The Hall–Kier alpha value is -1.56. The van der Waals surface area contributed by atoms with Crippen LogP contribution in [0.5, 0.6) is 0 Å². The standard InChI is InChI=1S/C15H22N2O3S/c1-12(15(18)17-10-4-2-3-5-11-17)21(19,20)14-8-6-13(16)7-9-14/h6-9,12H,2-5,10-11,16H2,1H3. The van der Waals surface area contributed by atoms with Crippen molar-refractivity contribution < 1.29 is 13.2 Å². The highest BCUT2D eigenvalue weighted by atomic mass is 32.2. The van der Waals surface area contributed by atoms with Crippen molar-refractivity contribution in [2.24, 2.45) is 0 Å². The van der Waals surface area contributed by atoms with Gasteiger partial charge in [-0.2, -0.15) is 0 Å². The lowest BCUT2D eigenvalue weighted by atomic mass is 10.2. The van der Waals surface area contributed by atoms with E-state index in [0.717, 1.165) is 25.7 Å². The van der Waals surface area contributed by atoms with Gasteiger partial charge in [-0.25, -0.2) is 8.42 Å². The second kappa shape index (κ2) is 6.47. The van der Waals surface area contributed by atoms with Gasteiger partial charge in [-0.05, 0) is 44.0 Å². The smallest absolute Gasteiger partial charge is 0.241 e. The van der Waals surface area contributed by atoms with Crippen LogP contribution in [0.2, 0.25) is 0 Å². The van der Waals surface area contributed by atoms with Crippen molar-refractivity contribution >= 4 is 21.4 Å². The summed E-state index contributed by atoms with van der Waals surface area (Å²) in [6.07, 6.45) is 4.09. The van der Waals surface area contributed by atoms with E-state index in [1.165, 1.54) is 31.2 Å². The van der Waals surface area contributed by atoms with Crippen molar-refractivity contribution in [3.05, 3.63) is 24.3 Å². The number of hydrogen-bond donors (Lipinski definition) is 1. The molecule has 0 spiro atoms. The topological polar surface area (TPSA) is 80.5 Å². The van der Waals surface area contributed by atoms with Crippen LogP contribution in [0.3, 0.4) is 0 Å². The number of benzene rings is 1. The van der Waals surface area contributed by atoms with E-state index in [9.17, 15) is 13.2 Å². The van der Waals surface area contributed by atoms with Gasteiger partial charge in [0.25, 0.3) is 0 Å². The van der Waals surface area contributed by atoms with Crippen LogP contribution in [0, 0.1) is 0 Å². The van der Waals surface area contributed by atoms with Gasteiger partial charge in [-0.3, -0.25) is 4.79 Å². The van der Waals surface area contributed by atoms with Gasteiger partial charge in [-0.15, -0.1) is 0 Å². The molecule has 0 aromatic heterocycles. The minimum Gasteiger partial charge on any atom is -0.399 e. The zero-order chi connectivity index (χ0) is 15.5. The molecule has 1 aliphatic heterocycles. The monoisotopic (exact) mass is 310 g/mol. The largest absolute Gasteiger partial charge is 0.399 e. The van der Waals surface area contributed by atoms with Crippen LogP contribution in [-0.4, -0.2) is 37.6 Å². The van der Waals surface area contributed by atoms with Gasteiger partial charge < -0.3 is 10.6 Å². The number of likely N-dealkylation sites (tertiary alicyclic amines) is 1. The molecule has 116 valence electrons. The molecule has 1 unspecified atom stereocenters. The highest BCUT2D eigenvalue weighted by molar-refractivity contribution is 7.92. The molecule has 1 heterocycles. The molecule has 2 N–H and O–H groups in total. The summed E-state index contributed by atoms with van der Waals surface area (Å²) in [6, 6.07) is 5.99. The normalized spacial score (nSPS) is 18.0. The van der Waals surface area contributed by atoms with E-state index in [4.69, 9.17) is 5.73 Å². The first-order valence-electron chi connectivity index (χ1n) is 7.31. The summed E-state index contributed by atoms with van der Waals surface area (Å²) >= 11 is 0. The Morgan fingerprint density at radius 2 is 1.62 bits per heavy atom. The van der Waals surface area contributed by atoms with Crippen molar-refractivity contribution in [1.29, 1.82) is 0 Å². The van der Waals surface area contributed by atoms with Crippen molar-refractivity contribution in [2.75, 3.05) is 18.8 Å². The molecule has 2 rings (SSSR count). The minimum absolute atomic E-state index is 0.146. The van der Waals surface area contributed by atoms with E-state index < -0.39 is 15.1 Å². The molecule has 0 aliphatic carbocycles. The molecule has 1 aromatic carbocycles. The molecular formula is C15H22N2O3S. The quantitative estimate of drug-likeness (QED) is 0.864. The van der Waals surface area contributed by atoms with Crippen LogP contribution in [-0.2, 0) is 14.6 Å². The zero-order valence-corrected chi connectivity index (χ0v) is 13.1. The fraction of sp³-hybridized carbons (Fsp3) is 0.533. The second-order valence-corrected chi connectivity index (χ2v) is 7.76. The van der Waals surface area contributed by atoms with Crippen LogP contribution in [0.4, 0.5) is 5.69 Å². The van der Waals surface area contributed by atoms with Crippen LogP contribution in [0.25, 0.3) is 0 Å². The molecule has 1 aliphatic rings. The molecule has 1 atom stereocenters. The lowest BCUT2D eigenvalue weighted by Crippen LogP contribution is -2.42. The van der Waals surface area contributed by atoms with Gasteiger partial charge in [0, 0.05) is 18.8 Å². The van der Waals surface area contributed by atoms with E-state index in [2.05, 4.69) is 0 Å². The Kier molecular flexibility index (Phi) is 4.88. The van der Waals surface area contributed by atoms with Gasteiger partial charge in [0.15, 0.2) is 9.84 Å². The number of amides is 1. The number of nitrogens with two attached hydrogens (primary N) is 1. The third kappa shape index (κ3) is 3.56. The molecule has 1 aromatic rings. The first-order valence-corrected chi connectivity index (χ1v) is 8.86. The lowest BCUT2D eigenvalue weighted by molar-refractivity contribution is -0.130. The summed E-state index contributed by atoms with van der Waals surface area (Å²) in [7, 11) is -3.66. The fourth-order valence-electron chi connectivity index (χ4n) is 2.54. The van der Waals surface area contributed by atoms with Crippen LogP contribution in [0.1, 0.15) is 32.6 Å². The number of carbonyl (C=O) groups is 1. The molecular weight excluding hydrogens is 288 g/mol. The Balaban J connectivity index is 2.18. The Labute approximate surface area is 126 Å². The maximum absolute atomic E-state index is 12.5. The van der Waals surface area contributed by atoms with E-state index in [1.54, 1.807) is 4.90 Å². The predicted octanol–water partition coefficient (Wildman–Crippen LogP) is 1.83. The first kappa shape index (κ1) is 15.8. The second-order valence-electron chi connectivity index (χ2n) is 5.50. The van der Waals surface area contributed by atoms with E-state index in [0.29, 0.717) is 18.8 Å². The number of sulfone groups is 1. The molecule has 0 bridgehead atoms. The third-order valence-corrected chi connectivity index (χ3v) is 6.00. The maximum Gasteiger partial charge on any atom is 0.241 e. The van der Waals surface area contributed by atoms with Crippen molar-refractivity contribution in [2.45, 2.75) is 42.8 Å². The lowest BCUT2D eigenvalue weighted by Gasteiger charge is -2.24. The third-order valence-electron chi connectivity index (χ3n) is 3.94. The Morgan fingerprint density at radius 3 is 2.14 bits per heavy atom. The Morgan fingerprint density at radius 1 is 1.10 bits per heavy atom. The molecule has 1 fully saturated rings. The van der Waals surface area contributed by atoms with Gasteiger partial charge >= 0.3 is 0 Å². The predicted molar refractivity (Wildman–Crippen MR) is 82.6 cm³/mol. The average molecular weight is 310 g/mol. The van der Waals surface area contributed by atoms with Crippen LogP contribution < -0.4 is 5.73 Å². The molecule has 0 saturated carbocycles. The van der Waals surface area contributed by atoms with Crippen LogP contribution in [0.15, 0.2) is 29.2 Å². The molecule has 6 heteroatoms. The van der Waals surface area contributed by atoms with E-state index in [1.807, 2.05) is 0 Å². The highest BCUT2D eigenvalue weighted by Crippen LogP contribution is 2.20. The number of carbonyl (C=O) groups excluding carboxylic acids is 1. The molecule has 1 amide bonds.